The molecule has 0 saturated carbocycles. The molecule has 1 aromatic heterocycles. The molecule has 0 saturated heterocycles. The summed E-state index contributed by atoms with van der Waals surface area (Å²) < 4.78 is 0. The number of carbonyl (C=O) groups is 2. The molecule has 0 aliphatic carbocycles. The molecule has 3 aromatic rings. The summed E-state index contributed by atoms with van der Waals surface area (Å²) >= 11 is 1.70. The van der Waals surface area contributed by atoms with Crippen molar-refractivity contribution in [3.05, 3.63) is 82.0 Å². The second-order valence-electron chi connectivity index (χ2n) is 7.72. The van der Waals surface area contributed by atoms with Gasteiger partial charge in [-0.05, 0) is 66.5 Å². The Morgan fingerprint density at radius 2 is 1.81 bits per heavy atom. The van der Waals surface area contributed by atoms with E-state index < -0.39 is 0 Å². The number of thiophene rings is 1. The Bertz CT molecular complexity index is 1020. The monoisotopic (exact) mass is 433 g/mol. The molecule has 0 atom stereocenters. The third kappa shape index (κ3) is 5.73. The number of hydrogen-bond donors (Lipinski definition) is 2. The summed E-state index contributed by atoms with van der Waals surface area (Å²) in [5.41, 5.74) is 3.87. The fourth-order valence-corrected chi connectivity index (χ4v) is 4.54. The molecule has 3 amide bonds. The minimum Gasteiger partial charge on any atom is -0.355 e. The van der Waals surface area contributed by atoms with Gasteiger partial charge in [0.15, 0.2) is 0 Å². The molecular weight excluding hydrogens is 406 g/mol. The normalized spacial score (nSPS) is 13.2. The van der Waals surface area contributed by atoms with Crippen LogP contribution < -0.4 is 15.5 Å². The lowest BCUT2D eigenvalue weighted by Gasteiger charge is -2.23. The zero-order valence-corrected chi connectivity index (χ0v) is 18.3. The number of urea groups is 1. The van der Waals surface area contributed by atoms with Gasteiger partial charge < -0.3 is 10.6 Å². The quantitative estimate of drug-likeness (QED) is 0.573. The van der Waals surface area contributed by atoms with Crippen molar-refractivity contribution in [1.82, 2.24) is 5.32 Å². The topological polar surface area (TPSA) is 61.4 Å². The van der Waals surface area contributed by atoms with Gasteiger partial charge in [0, 0.05) is 29.3 Å². The van der Waals surface area contributed by atoms with E-state index in [0.717, 1.165) is 42.6 Å². The van der Waals surface area contributed by atoms with Crippen LogP contribution in [0.3, 0.4) is 0 Å². The number of amides is 3. The Hall–Kier alpha value is -3.12. The first-order valence-corrected chi connectivity index (χ1v) is 11.6. The number of rotatable bonds is 6. The fraction of sp³-hybridized carbons (Fsp3) is 0.280. The van der Waals surface area contributed by atoms with E-state index in [9.17, 15) is 9.59 Å². The highest BCUT2D eigenvalue weighted by Gasteiger charge is 2.20. The fourth-order valence-electron chi connectivity index (χ4n) is 3.83. The summed E-state index contributed by atoms with van der Waals surface area (Å²) in [6.45, 7) is 1.36. The summed E-state index contributed by atoms with van der Waals surface area (Å²) in [5.74, 6) is 0.00881. The second kappa shape index (κ2) is 10.3. The lowest BCUT2D eigenvalue weighted by atomic mass is 10.1. The van der Waals surface area contributed by atoms with Crippen molar-refractivity contribution < 1.29 is 9.59 Å². The molecule has 0 bridgehead atoms. The van der Waals surface area contributed by atoms with Gasteiger partial charge in [0.2, 0.25) is 5.91 Å². The van der Waals surface area contributed by atoms with Gasteiger partial charge in [-0.15, -0.1) is 11.3 Å². The number of carbonyl (C=O) groups excluding carboxylic acids is 2. The Kier molecular flexibility index (Phi) is 6.99. The van der Waals surface area contributed by atoms with E-state index in [1.54, 1.807) is 11.3 Å². The molecule has 2 aromatic carbocycles. The van der Waals surface area contributed by atoms with Crippen molar-refractivity contribution in [3.8, 4) is 0 Å². The van der Waals surface area contributed by atoms with Crippen LogP contribution in [0.1, 0.15) is 28.8 Å². The second-order valence-corrected chi connectivity index (χ2v) is 8.75. The molecule has 0 spiro atoms. The summed E-state index contributed by atoms with van der Waals surface area (Å²) in [6, 6.07) is 19.6. The lowest BCUT2D eigenvalue weighted by Crippen LogP contribution is -2.35. The highest BCUT2D eigenvalue weighted by Crippen LogP contribution is 2.26. The number of aryl methyl sites for hydroxylation is 1. The van der Waals surface area contributed by atoms with Crippen LogP contribution in [-0.4, -0.2) is 25.0 Å². The maximum absolute atomic E-state index is 12.9. The van der Waals surface area contributed by atoms with E-state index >= 15 is 0 Å². The number of para-hydroxylation sites is 1. The predicted octanol–water partition coefficient (Wildman–Crippen LogP) is 5.02. The molecular formula is C25H27N3O2S. The van der Waals surface area contributed by atoms with Crippen molar-refractivity contribution in [3.63, 3.8) is 0 Å². The van der Waals surface area contributed by atoms with Gasteiger partial charge in [0.1, 0.15) is 0 Å². The average molecular weight is 434 g/mol. The highest BCUT2D eigenvalue weighted by molar-refractivity contribution is 7.09. The molecule has 31 heavy (non-hydrogen) atoms. The van der Waals surface area contributed by atoms with E-state index in [2.05, 4.69) is 22.8 Å². The molecule has 2 N–H and O–H groups in total. The van der Waals surface area contributed by atoms with Gasteiger partial charge in [-0.3, -0.25) is 9.69 Å². The molecule has 5 nitrogen and oxygen atoms in total. The predicted molar refractivity (Wildman–Crippen MR) is 127 cm³/mol. The third-order valence-corrected chi connectivity index (χ3v) is 6.39. The Balaban J connectivity index is 1.30. The maximum Gasteiger partial charge on any atom is 0.326 e. The summed E-state index contributed by atoms with van der Waals surface area (Å²) in [6.07, 6.45) is 4.27. The first-order chi connectivity index (χ1) is 15.2. The van der Waals surface area contributed by atoms with Crippen LogP contribution in [0.25, 0.3) is 0 Å². The van der Waals surface area contributed by atoms with E-state index in [1.165, 1.54) is 10.4 Å². The van der Waals surface area contributed by atoms with Crippen molar-refractivity contribution >= 4 is 34.6 Å². The van der Waals surface area contributed by atoms with E-state index in [0.29, 0.717) is 19.5 Å². The van der Waals surface area contributed by atoms with Crippen molar-refractivity contribution in [2.75, 3.05) is 23.3 Å². The molecule has 0 fully saturated rings. The van der Waals surface area contributed by atoms with Crippen LogP contribution >= 0.6 is 11.3 Å². The molecule has 2 heterocycles. The number of benzene rings is 2. The number of hydrogen-bond acceptors (Lipinski definition) is 3. The van der Waals surface area contributed by atoms with Crippen molar-refractivity contribution in [1.29, 1.82) is 0 Å². The number of fused-ring (bicyclic) bond motifs is 1. The van der Waals surface area contributed by atoms with Crippen LogP contribution in [0.5, 0.6) is 0 Å². The van der Waals surface area contributed by atoms with Gasteiger partial charge in [-0.25, -0.2) is 4.79 Å². The van der Waals surface area contributed by atoms with Crippen molar-refractivity contribution in [2.45, 2.75) is 32.1 Å². The Labute approximate surface area is 187 Å². The van der Waals surface area contributed by atoms with Crippen LogP contribution in [0.15, 0.2) is 66.0 Å². The smallest absolute Gasteiger partial charge is 0.326 e. The summed E-state index contributed by atoms with van der Waals surface area (Å²) in [7, 11) is 0. The molecule has 160 valence electrons. The molecule has 1 aliphatic rings. The number of anilines is 2. The SMILES string of the molecule is O=C(Cc1ccc(NC(=O)N2CCCCc3ccccc32)cc1)NCCc1cccs1. The highest BCUT2D eigenvalue weighted by atomic mass is 32.1. The van der Waals surface area contributed by atoms with Gasteiger partial charge in [0.05, 0.1) is 6.42 Å². The summed E-state index contributed by atoms with van der Waals surface area (Å²) in [5, 5.41) is 8.01. The first-order valence-electron chi connectivity index (χ1n) is 10.7. The standard InChI is InChI=1S/C25H27N3O2S/c29-24(26-15-14-22-8-5-17-31-22)18-19-10-12-21(13-11-19)27-25(30)28-16-4-3-7-20-6-1-2-9-23(20)28/h1-2,5-6,8-13,17H,3-4,7,14-16,18H2,(H,26,29)(H,27,30). The van der Waals surface area contributed by atoms with E-state index in [4.69, 9.17) is 0 Å². The minimum absolute atomic E-state index is 0.00881. The molecule has 0 unspecified atom stereocenters. The molecule has 0 radical (unpaired) electrons. The maximum atomic E-state index is 12.9. The largest absolute Gasteiger partial charge is 0.355 e. The van der Waals surface area contributed by atoms with E-state index in [1.807, 2.05) is 58.8 Å². The minimum atomic E-state index is -0.117. The Morgan fingerprint density at radius 1 is 0.968 bits per heavy atom. The molecule has 1 aliphatic heterocycles. The number of nitrogens with zero attached hydrogens (tertiary/aromatic N) is 1. The third-order valence-electron chi connectivity index (χ3n) is 5.45. The van der Waals surface area contributed by atoms with E-state index in [-0.39, 0.29) is 11.9 Å². The Morgan fingerprint density at radius 3 is 2.61 bits per heavy atom. The van der Waals surface area contributed by atoms with Gasteiger partial charge in [-0.2, -0.15) is 0 Å². The average Bonchev–Trinajstić information content (AvgIpc) is 3.19. The van der Waals surface area contributed by atoms with Gasteiger partial charge in [-0.1, -0.05) is 36.4 Å². The molecule has 6 heteroatoms. The zero-order valence-electron chi connectivity index (χ0n) is 17.5. The van der Waals surface area contributed by atoms with Crippen LogP contribution in [0.2, 0.25) is 0 Å². The zero-order chi connectivity index (χ0) is 21.5. The summed E-state index contributed by atoms with van der Waals surface area (Å²) in [4.78, 5) is 28.2. The number of nitrogens with one attached hydrogen (secondary N) is 2. The lowest BCUT2D eigenvalue weighted by molar-refractivity contribution is -0.120. The van der Waals surface area contributed by atoms with Crippen LogP contribution in [0, 0.1) is 0 Å². The van der Waals surface area contributed by atoms with Gasteiger partial charge in [0.25, 0.3) is 0 Å². The van der Waals surface area contributed by atoms with Crippen LogP contribution in [0.4, 0.5) is 16.2 Å². The van der Waals surface area contributed by atoms with Gasteiger partial charge >= 0.3 is 6.03 Å². The van der Waals surface area contributed by atoms with Crippen molar-refractivity contribution in [2.24, 2.45) is 0 Å². The molecule has 4 rings (SSSR count). The first kappa shape index (κ1) is 21.1. The van der Waals surface area contributed by atoms with Crippen LogP contribution in [-0.2, 0) is 24.1 Å².